The average Bonchev–Trinajstić information content (AvgIpc) is 3.14. The van der Waals surface area contributed by atoms with Crippen LogP contribution < -0.4 is 0 Å². The molecular weight excluding hydrogens is 298 g/mol. The van der Waals surface area contributed by atoms with Crippen molar-refractivity contribution in [2.75, 3.05) is 13.1 Å². The standard InChI is InChI=1S/C15H21N5OS/c1-11-17-12(2)20(18-11)14-4-3-7-19(8-14)15(21)6-5-13-9-22-10-16-13/h9-10,14H,3-8H2,1-2H3. The molecule has 1 unspecified atom stereocenters. The number of piperidine rings is 1. The Labute approximate surface area is 134 Å². The van der Waals surface area contributed by atoms with E-state index in [-0.39, 0.29) is 11.9 Å². The highest BCUT2D eigenvalue weighted by molar-refractivity contribution is 7.07. The van der Waals surface area contributed by atoms with E-state index in [4.69, 9.17) is 0 Å². The van der Waals surface area contributed by atoms with Gasteiger partial charge in [-0.25, -0.2) is 14.6 Å². The van der Waals surface area contributed by atoms with Crippen molar-refractivity contribution < 1.29 is 4.79 Å². The maximum Gasteiger partial charge on any atom is 0.223 e. The van der Waals surface area contributed by atoms with Gasteiger partial charge in [0.1, 0.15) is 11.6 Å². The first kappa shape index (κ1) is 15.1. The Bertz CT molecular complexity index is 636. The molecule has 0 spiro atoms. The molecule has 0 aromatic carbocycles. The van der Waals surface area contributed by atoms with Crippen LogP contribution in [0.4, 0.5) is 0 Å². The average molecular weight is 319 g/mol. The molecule has 1 amide bonds. The molecule has 7 heteroatoms. The lowest BCUT2D eigenvalue weighted by molar-refractivity contribution is -0.132. The van der Waals surface area contributed by atoms with E-state index in [1.807, 2.05) is 34.3 Å². The molecule has 1 aliphatic heterocycles. The number of nitrogens with zero attached hydrogens (tertiary/aromatic N) is 5. The van der Waals surface area contributed by atoms with Gasteiger partial charge in [-0.3, -0.25) is 4.79 Å². The number of aromatic nitrogens is 4. The highest BCUT2D eigenvalue weighted by Gasteiger charge is 2.26. The van der Waals surface area contributed by atoms with E-state index >= 15 is 0 Å². The van der Waals surface area contributed by atoms with Crippen LogP contribution in [0.1, 0.15) is 42.6 Å². The maximum absolute atomic E-state index is 12.4. The van der Waals surface area contributed by atoms with E-state index in [2.05, 4.69) is 15.1 Å². The van der Waals surface area contributed by atoms with Gasteiger partial charge < -0.3 is 4.90 Å². The first-order valence-corrected chi connectivity index (χ1v) is 8.62. The normalized spacial score (nSPS) is 18.6. The molecule has 22 heavy (non-hydrogen) atoms. The lowest BCUT2D eigenvalue weighted by Crippen LogP contribution is -2.41. The van der Waals surface area contributed by atoms with Gasteiger partial charge in [-0.2, -0.15) is 5.10 Å². The first-order valence-electron chi connectivity index (χ1n) is 7.68. The Morgan fingerprint density at radius 2 is 2.32 bits per heavy atom. The zero-order valence-corrected chi connectivity index (χ0v) is 13.8. The summed E-state index contributed by atoms with van der Waals surface area (Å²) >= 11 is 1.57. The van der Waals surface area contributed by atoms with Crippen LogP contribution in [-0.4, -0.2) is 43.6 Å². The van der Waals surface area contributed by atoms with Gasteiger partial charge in [-0.15, -0.1) is 11.3 Å². The van der Waals surface area contributed by atoms with Gasteiger partial charge in [0.15, 0.2) is 0 Å². The van der Waals surface area contributed by atoms with E-state index in [1.165, 1.54) is 0 Å². The zero-order chi connectivity index (χ0) is 15.5. The fraction of sp³-hybridized carbons (Fsp3) is 0.600. The summed E-state index contributed by atoms with van der Waals surface area (Å²) in [5, 5.41) is 6.48. The Kier molecular flexibility index (Phi) is 4.52. The molecule has 2 aromatic rings. The summed E-state index contributed by atoms with van der Waals surface area (Å²) in [4.78, 5) is 23.0. The molecule has 0 bridgehead atoms. The van der Waals surface area contributed by atoms with Crippen molar-refractivity contribution in [3.8, 4) is 0 Å². The molecule has 1 fully saturated rings. The van der Waals surface area contributed by atoms with Gasteiger partial charge in [-0.05, 0) is 33.1 Å². The van der Waals surface area contributed by atoms with Crippen molar-refractivity contribution in [2.45, 2.75) is 45.6 Å². The maximum atomic E-state index is 12.4. The molecule has 0 aliphatic carbocycles. The third-order valence-corrected chi connectivity index (χ3v) is 4.72. The van der Waals surface area contributed by atoms with E-state index in [9.17, 15) is 4.79 Å². The van der Waals surface area contributed by atoms with Crippen LogP contribution in [0.15, 0.2) is 10.9 Å². The second-order valence-electron chi connectivity index (χ2n) is 5.77. The Hall–Kier alpha value is -1.76. The van der Waals surface area contributed by atoms with Crippen molar-refractivity contribution >= 4 is 17.2 Å². The van der Waals surface area contributed by atoms with Crippen LogP contribution in [-0.2, 0) is 11.2 Å². The highest BCUT2D eigenvalue weighted by atomic mass is 32.1. The predicted molar refractivity (Wildman–Crippen MR) is 84.8 cm³/mol. The lowest BCUT2D eigenvalue weighted by Gasteiger charge is -2.33. The summed E-state index contributed by atoms with van der Waals surface area (Å²) in [6.45, 7) is 5.46. The molecule has 2 aromatic heterocycles. The molecule has 0 radical (unpaired) electrons. The van der Waals surface area contributed by atoms with E-state index in [0.717, 1.165) is 49.7 Å². The van der Waals surface area contributed by atoms with Crippen LogP contribution in [0.2, 0.25) is 0 Å². The fourth-order valence-electron chi connectivity index (χ4n) is 3.02. The number of rotatable bonds is 4. The SMILES string of the molecule is Cc1nc(C)n(C2CCCN(C(=O)CCc3cscn3)C2)n1. The van der Waals surface area contributed by atoms with E-state index in [1.54, 1.807) is 11.3 Å². The minimum absolute atomic E-state index is 0.215. The highest BCUT2D eigenvalue weighted by Crippen LogP contribution is 2.22. The molecule has 6 nitrogen and oxygen atoms in total. The number of hydrogen-bond donors (Lipinski definition) is 0. The van der Waals surface area contributed by atoms with Crippen LogP contribution in [0.25, 0.3) is 0 Å². The fourth-order valence-corrected chi connectivity index (χ4v) is 3.61. The second kappa shape index (κ2) is 6.56. The largest absolute Gasteiger partial charge is 0.341 e. The number of carbonyl (C=O) groups excluding carboxylic acids is 1. The van der Waals surface area contributed by atoms with Crippen LogP contribution in [0.5, 0.6) is 0 Å². The van der Waals surface area contributed by atoms with Crippen LogP contribution in [0.3, 0.4) is 0 Å². The predicted octanol–water partition coefficient (Wildman–Crippen LogP) is 2.15. The lowest BCUT2D eigenvalue weighted by atomic mass is 10.0. The topological polar surface area (TPSA) is 63.9 Å². The van der Waals surface area contributed by atoms with Crippen molar-refractivity contribution in [3.63, 3.8) is 0 Å². The Morgan fingerprint density at radius 1 is 1.45 bits per heavy atom. The summed E-state index contributed by atoms with van der Waals surface area (Å²) in [6.07, 6.45) is 3.34. The summed E-state index contributed by atoms with van der Waals surface area (Å²) < 4.78 is 1.98. The van der Waals surface area contributed by atoms with Gasteiger partial charge in [-0.1, -0.05) is 0 Å². The molecule has 1 aliphatic rings. The Morgan fingerprint density at radius 3 is 3.00 bits per heavy atom. The van der Waals surface area contributed by atoms with Gasteiger partial charge in [0.2, 0.25) is 5.91 Å². The van der Waals surface area contributed by atoms with Gasteiger partial charge >= 0.3 is 0 Å². The molecule has 0 saturated carbocycles. The number of amides is 1. The van der Waals surface area contributed by atoms with E-state index in [0.29, 0.717) is 6.42 Å². The number of likely N-dealkylation sites (tertiary alicyclic amines) is 1. The summed E-state index contributed by atoms with van der Waals surface area (Å²) in [5.41, 5.74) is 2.82. The number of thiazole rings is 1. The minimum atomic E-state index is 0.215. The first-order chi connectivity index (χ1) is 10.6. The minimum Gasteiger partial charge on any atom is -0.341 e. The van der Waals surface area contributed by atoms with Crippen molar-refractivity contribution in [1.29, 1.82) is 0 Å². The molecule has 0 N–H and O–H groups in total. The smallest absolute Gasteiger partial charge is 0.223 e. The van der Waals surface area contributed by atoms with Crippen LogP contribution >= 0.6 is 11.3 Å². The molecule has 118 valence electrons. The quantitative estimate of drug-likeness (QED) is 0.866. The van der Waals surface area contributed by atoms with Crippen molar-refractivity contribution in [1.82, 2.24) is 24.6 Å². The molecule has 3 heterocycles. The molecular formula is C15H21N5OS. The Balaban J connectivity index is 1.60. The number of carbonyl (C=O) groups is 1. The monoisotopic (exact) mass is 319 g/mol. The van der Waals surface area contributed by atoms with E-state index < -0.39 is 0 Å². The second-order valence-corrected chi connectivity index (χ2v) is 6.49. The third kappa shape index (κ3) is 3.35. The zero-order valence-electron chi connectivity index (χ0n) is 13.0. The molecule has 3 rings (SSSR count). The van der Waals surface area contributed by atoms with Gasteiger partial charge in [0.25, 0.3) is 0 Å². The van der Waals surface area contributed by atoms with Gasteiger partial charge in [0.05, 0.1) is 17.2 Å². The summed E-state index contributed by atoms with van der Waals surface area (Å²) in [7, 11) is 0. The van der Waals surface area contributed by atoms with Crippen molar-refractivity contribution in [3.05, 3.63) is 28.2 Å². The molecule has 1 saturated heterocycles. The summed E-state index contributed by atoms with van der Waals surface area (Å²) in [6, 6.07) is 0.248. The molecule has 1 atom stereocenters. The number of hydrogen-bond acceptors (Lipinski definition) is 5. The number of aryl methyl sites for hydroxylation is 3. The van der Waals surface area contributed by atoms with Crippen molar-refractivity contribution in [2.24, 2.45) is 0 Å². The van der Waals surface area contributed by atoms with Gasteiger partial charge in [0, 0.05) is 24.9 Å². The van der Waals surface area contributed by atoms with Crippen LogP contribution in [0, 0.1) is 13.8 Å². The summed E-state index contributed by atoms with van der Waals surface area (Å²) in [5.74, 6) is 1.94. The third-order valence-electron chi connectivity index (χ3n) is 4.08.